The van der Waals surface area contributed by atoms with E-state index in [1.807, 2.05) is 36.4 Å². The van der Waals surface area contributed by atoms with Crippen LogP contribution in [0.3, 0.4) is 0 Å². The molecule has 0 radical (unpaired) electrons. The van der Waals surface area contributed by atoms with E-state index < -0.39 is 5.41 Å². The average molecular weight is 238 g/mol. The van der Waals surface area contributed by atoms with Crippen LogP contribution in [0.1, 0.15) is 11.1 Å². The van der Waals surface area contributed by atoms with Gasteiger partial charge in [-0.2, -0.15) is 0 Å². The molecule has 1 amide bonds. The van der Waals surface area contributed by atoms with E-state index in [9.17, 15) is 4.79 Å². The van der Waals surface area contributed by atoms with E-state index in [1.54, 1.807) is 6.20 Å². The van der Waals surface area contributed by atoms with E-state index >= 15 is 0 Å². The van der Waals surface area contributed by atoms with Crippen LogP contribution in [0, 0.1) is 0 Å². The number of benzene rings is 1. The Morgan fingerprint density at radius 3 is 2.94 bits per heavy atom. The van der Waals surface area contributed by atoms with Crippen LogP contribution in [0.15, 0.2) is 42.6 Å². The predicted octanol–water partition coefficient (Wildman–Crippen LogP) is 1.71. The third-order valence-electron chi connectivity index (χ3n) is 3.68. The van der Waals surface area contributed by atoms with Gasteiger partial charge in [0.2, 0.25) is 11.8 Å². The summed E-state index contributed by atoms with van der Waals surface area (Å²) in [5.74, 6) is 0.528. The second-order valence-electron chi connectivity index (χ2n) is 4.55. The van der Waals surface area contributed by atoms with Crippen LogP contribution in [0.25, 0.3) is 0 Å². The molecule has 1 aromatic carbocycles. The van der Waals surface area contributed by atoms with Crippen molar-refractivity contribution in [1.29, 1.82) is 0 Å². The quantitative estimate of drug-likeness (QED) is 0.760. The minimum atomic E-state index is -0.722. The van der Waals surface area contributed by atoms with Gasteiger partial charge >= 0.3 is 0 Å². The summed E-state index contributed by atoms with van der Waals surface area (Å²) in [5.41, 5.74) is 1.97. The van der Waals surface area contributed by atoms with Crippen LogP contribution < -0.4 is 10.1 Å². The maximum atomic E-state index is 12.4. The first kappa shape index (κ1) is 9.65. The van der Waals surface area contributed by atoms with Gasteiger partial charge in [0.1, 0.15) is 12.0 Å². The maximum Gasteiger partial charge on any atom is 0.243 e. The Balaban J connectivity index is 2.04. The van der Waals surface area contributed by atoms with Gasteiger partial charge in [-0.15, -0.1) is 0 Å². The van der Waals surface area contributed by atoms with E-state index in [-0.39, 0.29) is 5.91 Å². The Labute approximate surface area is 104 Å². The average Bonchev–Trinajstić information content (AvgIpc) is 2.92. The number of pyridine rings is 1. The van der Waals surface area contributed by atoms with E-state index in [0.717, 1.165) is 16.8 Å². The summed E-state index contributed by atoms with van der Waals surface area (Å²) in [6.45, 7) is 0.322. The number of para-hydroxylation sites is 1. The van der Waals surface area contributed by atoms with Gasteiger partial charge in [0.05, 0.1) is 0 Å². The smallest absolute Gasteiger partial charge is 0.243 e. The van der Waals surface area contributed by atoms with Gasteiger partial charge in [-0.25, -0.2) is 4.98 Å². The van der Waals surface area contributed by atoms with Crippen LogP contribution in [0.4, 0.5) is 5.69 Å². The molecule has 1 aromatic heterocycles. The molecule has 1 spiro atoms. The lowest BCUT2D eigenvalue weighted by Gasteiger charge is -2.19. The monoisotopic (exact) mass is 238 g/mol. The molecule has 1 N–H and O–H groups in total. The molecule has 4 heteroatoms. The molecule has 0 aliphatic carbocycles. The third kappa shape index (κ3) is 0.960. The zero-order chi connectivity index (χ0) is 12.2. The molecule has 0 fully saturated rings. The molecule has 1 atom stereocenters. The molecule has 0 bridgehead atoms. The number of carbonyl (C=O) groups is 1. The molecule has 18 heavy (non-hydrogen) atoms. The fourth-order valence-electron chi connectivity index (χ4n) is 2.81. The molecule has 2 aromatic rings. The Morgan fingerprint density at radius 1 is 1.17 bits per heavy atom. The minimum Gasteiger partial charge on any atom is -0.476 e. The number of rotatable bonds is 0. The standard InChI is InChI=1S/C14H10N2O2/c17-13-14(9-4-1-2-6-11(9)16-13)8-18-12-10(14)5-3-7-15-12/h1-7H,8H2,(H,16,17). The zero-order valence-corrected chi connectivity index (χ0v) is 9.51. The highest BCUT2D eigenvalue weighted by Crippen LogP contribution is 2.48. The molecule has 2 aliphatic rings. The second kappa shape index (κ2) is 3.10. The predicted molar refractivity (Wildman–Crippen MR) is 65.6 cm³/mol. The minimum absolute atomic E-state index is 0.0320. The topological polar surface area (TPSA) is 51.2 Å². The van der Waals surface area contributed by atoms with Crippen molar-refractivity contribution >= 4 is 11.6 Å². The summed E-state index contributed by atoms with van der Waals surface area (Å²) in [4.78, 5) is 16.6. The summed E-state index contributed by atoms with van der Waals surface area (Å²) in [6.07, 6.45) is 1.68. The summed E-state index contributed by atoms with van der Waals surface area (Å²) in [7, 11) is 0. The molecule has 1 unspecified atom stereocenters. The number of hydrogen-bond donors (Lipinski definition) is 1. The molecular formula is C14H10N2O2. The highest BCUT2D eigenvalue weighted by molar-refractivity contribution is 6.09. The molecule has 4 nitrogen and oxygen atoms in total. The van der Waals surface area contributed by atoms with Crippen molar-refractivity contribution in [2.45, 2.75) is 5.41 Å². The largest absolute Gasteiger partial charge is 0.476 e. The van der Waals surface area contributed by atoms with Crippen LogP contribution in [0.5, 0.6) is 5.88 Å². The third-order valence-corrected chi connectivity index (χ3v) is 3.68. The van der Waals surface area contributed by atoms with Gasteiger partial charge in [0, 0.05) is 17.4 Å². The fourth-order valence-corrected chi connectivity index (χ4v) is 2.81. The van der Waals surface area contributed by atoms with Crippen molar-refractivity contribution in [2.24, 2.45) is 0 Å². The zero-order valence-electron chi connectivity index (χ0n) is 9.51. The lowest BCUT2D eigenvalue weighted by Crippen LogP contribution is -2.37. The molecule has 88 valence electrons. The van der Waals surface area contributed by atoms with Gasteiger partial charge in [-0.3, -0.25) is 4.79 Å². The van der Waals surface area contributed by atoms with Crippen LogP contribution >= 0.6 is 0 Å². The Hall–Kier alpha value is -2.36. The number of carbonyl (C=O) groups excluding carboxylic acids is 1. The first-order valence-electron chi connectivity index (χ1n) is 5.81. The number of ether oxygens (including phenoxy) is 1. The summed E-state index contributed by atoms with van der Waals surface area (Å²) < 4.78 is 5.59. The van der Waals surface area contributed by atoms with Crippen LogP contribution in [-0.2, 0) is 10.2 Å². The summed E-state index contributed by atoms with van der Waals surface area (Å²) >= 11 is 0. The lowest BCUT2D eigenvalue weighted by molar-refractivity contribution is -0.119. The van der Waals surface area contributed by atoms with Gasteiger partial charge in [0.15, 0.2) is 0 Å². The lowest BCUT2D eigenvalue weighted by atomic mass is 9.78. The van der Waals surface area contributed by atoms with Crippen molar-refractivity contribution in [2.75, 3.05) is 11.9 Å². The normalized spacial score (nSPS) is 23.4. The van der Waals surface area contributed by atoms with Gasteiger partial charge in [-0.05, 0) is 17.7 Å². The van der Waals surface area contributed by atoms with E-state index in [4.69, 9.17) is 4.74 Å². The highest BCUT2D eigenvalue weighted by atomic mass is 16.5. The molecule has 2 aliphatic heterocycles. The Bertz CT molecular complexity index is 655. The second-order valence-corrected chi connectivity index (χ2v) is 4.55. The number of amides is 1. The fraction of sp³-hybridized carbons (Fsp3) is 0.143. The summed E-state index contributed by atoms with van der Waals surface area (Å²) in [5, 5.41) is 2.92. The van der Waals surface area contributed by atoms with Crippen LogP contribution in [0.2, 0.25) is 0 Å². The van der Waals surface area contributed by atoms with Crippen molar-refractivity contribution in [3.63, 3.8) is 0 Å². The number of anilines is 1. The van der Waals surface area contributed by atoms with E-state index in [1.165, 1.54) is 0 Å². The Kier molecular flexibility index (Phi) is 1.66. The molecule has 4 rings (SSSR count). The van der Waals surface area contributed by atoms with Crippen molar-refractivity contribution in [3.05, 3.63) is 53.7 Å². The van der Waals surface area contributed by atoms with E-state index in [0.29, 0.717) is 12.5 Å². The number of aromatic nitrogens is 1. The Morgan fingerprint density at radius 2 is 2.00 bits per heavy atom. The first-order chi connectivity index (χ1) is 8.82. The molecular weight excluding hydrogens is 228 g/mol. The molecule has 0 saturated heterocycles. The number of hydrogen-bond acceptors (Lipinski definition) is 3. The number of nitrogens with zero attached hydrogens (tertiary/aromatic N) is 1. The first-order valence-corrected chi connectivity index (χ1v) is 5.81. The van der Waals surface area contributed by atoms with Crippen molar-refractivity contribution < 1.29 is 9.53 Å². The van der Waals surface area contributed by atoms with Gasteiger partial charge in [0.25, 0.3) is 0 Å². The van der Waals surface area contributed by atoms with Gasteiger partial charge < -0.3 is 10.1 Å². The van der Waals surface area contributed by atoms with Crippen molar-refractivity contribution in [1.82, 2.24) is 4.98 Å². The van der Waals surface area contributed by atoms with Crippen LogP contribution in [-0.4, -0.2) is 17.5 Å². The number of fused-ring (bicyclic) bond motifs is 4. The molecule has 0 saturated carbocycles. The molecule has 3 heterocycles. The summed E-state index contributed by atoms with van der Waals surface area (Å²) in [6, 6.07) is 11.5. The van der Waals surface area contributed by atoms with Gasteiger partial charge in [-0.1, -0.05) is 24.3 Å². The SMILES string of the molecule is O=C1Nc2ccccc2C12COc1ncccc12. The van der Waals surface area contributed by atoms with E-state index in [2.05, 4.69) is 10.3 Å². The highest BCUT2D eigenvalue weighted by Gasteiger charge is 2.54. The van der Waals surface area contributed by atoms with Crippen molar-refractivity contribution in [3.8, 4) is 5.88 Å². The maximum absolute atomic E-state index is 12.4. The number of nitrogens with one attached hydrogen (secondary N) is 1.